The Kier molecular flexibility index (Phi) is 9.54. The summed E-state index contributed by atoms with van der Waals surface area (Å²) in [6, 6.07) is 9.26. The maximum atomic E-state index is 5.73. The van der Waals surface area contributed by atoms with E-state index in [1.165, 1.54) is 63.4 Å². The van der Waals surface area contributed by atoms with Crippen molar-refractivity contribution in [3.8, 4) is 0 Å². The third-order valence-corrected chi connectivity index (χ3v) is 7.24. The van der Waals surface area contributed by atoms with Crippen LogP contribution < -0.4 is 0 Å². The Labute approximate surface area is 179 Å². The molecule has 2 aliphatic rings. The van der Waals surface area contributed by atoms with Gasteiger partial charge in [0, 0.05) is 0 Å². The van der Waals surface area contributed by atoms with E-state index in [0.29, 0.717) is 0 Å². The van der Waals surface area contributed by atoms with Crippen molar-refractivity contribution in [1.82, 2.24) is 0 Å². The van der Waals surface area contributed by atoms with Crippen LogP contribution in [-0.2, 0) is 11.3 Å². The first-order valence-electron chi connectivity index (χ1n) is 12.3. The molecule has 1 nitrogen and oxygen atoms in total. The lowest BCUT2D eigenvalue weighted by Crippen LogP contribution is -2.25. The highest BCUT2D eigenvalue weighted by Gasteiger charge is 2.30. The largest absolute Gasteiger partial charge is 0.373 e. The molecule has 0 atom stereocenters. The zero-order chi connectivity index (χ0) is 20.3. The van der Waals surface area contributed by atoms with E-state index in [1.54, 1.807) is 5.56 Å². The molecule has 0 spiro atoms. The minimum absolute atomic E-state index is 0.719. The van der Waals surface area contributed by atoms with Crippen LogP contribution in [0.15, 0.2) is 48.6 Å². The maximum Gasteiger partial charge on any atom is 0.0721 e. The van der Waals surface area contributed by atoms with Crippen molar-refractivity contribution in [2.45, 2.75) is 90.6 Å². The van der Waals surface area contributed by atoms with Crippen LogP contribution in [0, 0.1) is 17.8 Å². The number of hydrogen-bond acceptors (Lipinski definition) is 1. The molecule has 1 aromatic rings. The Balaban J connectivity index is 1.39. The Morgan fingerprint density at radius 3 is 2.00 bits per heavy atom. The van der Waals surface area contributed by atoms with Gasteiger partial charge in [-0.1, -0.05) is 62.4 Å². The fraction of sp³-hybridized carbons (Fsp3) is 0.643. The fourth-order valence-corrected chi connectivity index (χ4v) is 5.43. The molecule has 2 aliphatic carbocycles. The van der Waals surface area contributed by atoms with Crippen LogP contribution >= 0.6 is 0 Å². The zero-order valence-corrected chi connectivity index (χ0v) is 18.8. The lowest BCUT2D eigenvalue weighted by Gasteiger charge is -2.37. The van der Waals surface area contributed by atoms with Crippen LogP contribution in [0.1, 0.15) is 95.1 Å². The third kappa shape index (κ3) is 7.14. The van der Waals surface area contributed by atoms with E-state index in [4.69, 9.17) is 4.74 Å². The second kappa shape index (κ2) is 12.4. The number of benzene rings is 1. The summed E-state index contributed by atoms with van der Waals surface area (Å²) in [6.45, 7) is 5.83. The summed E-state index contributed by atoms with van der Waals surface area (Å²) in [4.78, 5) is 0. The van der Waals surface area contributed by atoms with Gasteiger partial charge in [-0.3, -0.25) is 0 Å². The number of hydrogen-bond donors (Lipinski definition) is 0. The van der Waals surface area contributed by atoms with Crippen LogP contribution in [-0.4, -0.2) is 6.61 Å². The maximum absolute atomic E-state index is 5.73. The lowest BCUT2D eigenvalue weighted by atomic mass is 9.68. The predicted molar refractivity (Wildman–Crippen MR) is 125 cm³/mol. The standard InChI is InChI=1S/C28H42O/c1-3-5-7-21-29-22-24-11-15-26(16-12-24)28-19-17-27(18-20-28)25-13-9-23(10-14-25)8-6-4-2/h5-8,11-12,15-16,23,25,27-28H,3-4,9-10,13-14,17-22H2,1-2H3. The Morgan fingerprint density at radius 1 is 0.759 bits per heavy atom. The van der Waals surface area contributed by atoms with Gasteiger partial charge in [-0.2, -0.15) is 0 Å². The highest BCUT2D eigenvalue weighted by molar-refractivity contribution is 5.25. The van der Waals surface area contributed by atoms with Crippen LogP contribution in [0.2, 0.25) is 0 Å². The summed E-state index contributed by atoms with van der Waals surface area (Å²) in [5.41, 5.74) is 2.84. The average Bonchev–Trinajstić information content (AvgIpc) is 2.78. The molecule has 3 rings (SSSR count). The van der Waals surface area contributed by atoms with Crippen molar-refractivity contribution in [1.29, 1.82) is 0 Å². The van der Waals surface area contributed by atoms with Gasteiger partial charge in [0.2, 0.25) is 0 Å². The van der Waals surface area contributed by atoms with E-state index in [1.807, 2.05) is 0 Å². The summed E-state index contributed by atoms with van der Waals surface area (Å²) >= 11 is 0. The molecule has 2 fully saturated rings. The smallest absolute Gasteiger partial charge is 0.0721 e. The van der Waals surface area contributed by atoms with Crippen molar-refractivity contribution in [2.75, 3.05) is 6.61 Å². The van der Waals surface area contributed by atoms with E-state index < -0.39 is 0 Å². The zero-order valence-electron chi connectivity index (χ0n) is 18.8. The monoisotopic (exact) mass is 394 g/mol. The quantitative estimate of drug-likeness (QED) is 0.303. The van der Waals surface area contributed by atoms with Gasteiger partial charge in [0.25, 0.3) is 0 Å². The van der Waals surface area contributed by atoms with E-state index in [2.05, 4.69) is 62.4 Å². The van der Waals surface area contributed by atoms with Gasteiger partial charge in [-0.15, -0.1) is 0 Å². The molecule has 0 aliphatic heterocycles. The van der Waals surface area contributed by atoms with Gasteiger partial charge in [-0.05, 0) is 99.0 Å². The highest BCUT2D eigenvalue weighted by atomic mass is 16.5. The van der Waals surface area contributed by atoms with Crippen LogP contribution in [0.5, 0.6) is 0 Å². The molecule has 0 amide bonds. The molecule has 2 saturated carbocycles. The summed E-state index contributed by atoms with van der Waals surface area (Å²) < 4.78 is 5.73. The summed E-state index contributed by atoms with van der Waals surface area (Å²) in [6.07, 6.45) is 22.9. The fourth-order valence-electron chi connectivity index (χ4n) is 5.43. The van der Waals surface area contributed by atoms with E-state index in [-0.39, 0.29) is 0 Å². The molecule has 0 heterocycles. The van der Waals surface area contributed by atoms with Gasteiger partial charge in [0.1, 0.15) is 0 Å². The first kappa shape index (κ1) is 22.3. The number of ether oxygens (including phenoxy) is 1. The molecule has 0 saturated heterocycles. The molecule has 29 heavy (non-hydrogen) atoms. The average molecular weight is 395 g/mol. The van der Waals surface area contributed by atoms with Crippen molar-refractivity contribution >= 4 is 0 Å². The van der Waals surface area contributed by atoms with Gasteiger partial charge in [-0.25, -0.2) is 0 Å². The van der Waals surface area contributed by atoms with Gasteiger partial charge < -0.3 is 4.74 Å². The van der Waals surface area contributed by atoms with E-state index in [9.17, 15) is 0 Å². The van der Waals surface area contributed by atoms with Crippen LogP contribution in [0.4, 0.5) is 0 Å². The van der Waals surface area contributed by atoms with Crippen molar-refractivity contribution in [2.24, 2.45) is 17.8 Å². The topological polar surface area (TPSA) is 9.23 Å². The minimum atomic E-state index is 0.719. The molecule has 0 aromatic heterocycles. The molecular formula is C28H42O. The molecule has 0 unspecified atom stereocenters. The van der Waals surface area contributed by atoms with Crippen LogP contribution in [0.3, 0.4) is 0 Å². The second-order valence-corrected chi connectivity index (χ2v) is 9.26. The second-order valence-electron chi connectivity index (χ2n) is 9.26. The molecule has 1 aromatic carbocycles. The molecule has 0 bridgehead atoms. The SMILES string of the molecule is CCC=CCOCc1ccc(C2CCC(C3CCC(C=CCC)CC3)CC2)cc1. The Hall–Kier alpha value is -1.34. The summed E-state index contributed by atoms with van der Waals surface area (Å²) in [5, 5.41) is 0. The summed E-state index contributed by atoms with van der Waals surface area (Å²) in [5.74, 6) is 3.64. The summed E-state index contributed by atoms with van der Waals surface area (Å²) in [7, 11) is 0. The highest BCUT2D eigenvalue weighted by Crippen LogP contribution is 2.44. The molecule has 0 radical (unpaired) electrons. The van der Waals surface area contributed by atoms with Gasteiger partial charge >= 0.3 is 0 Å². The normalized spacial score (nSPS) is 28.3. The van der Waals surface area contributed by atoms with Crippen LogP contribution in [0.25, 0.3) is 0 Å². The van der Waals surface area contributed by atoms with E-state index >= 15 is 0 Å². The first-order chi connectivity index (χ1) is 14.3. The van der Waals surface area contributed by atoms with Crippen molar-refractivity contribution in [3.05, 3.63) is 59.7 Å². The molecular weight excluding hydrogens is 352 g/mol. The predicted octanol–water partition coefficient (Wildman–Crippen LogP) is 8.22. The van der Waals surface area contributed by atoms with Gasteiger partial charge in [0.05, 0.1) is 13.2 Å². The minimum Gasteiger partial charge on any atom is -0.373 e. The van der Waals surface area contributed by atoms with Gasteiger partial charge in [0.15, 0.2) is 0 Å². The molecule has 1 heteroatoms. The van der Waals surface area contributed by atoms with E-state index in [0.717, 1.165) is 43.3 Å². The number of rotatable bonds is 9. The Morgan fingerprint density at radius 2 is 1.38 bits per heavy atom. The Bertz CT molecular complexity index is 610. The first-order valence-corrected chi connectivity index (χ1v) is 12.3. The molecule has 160 valence electrons. The van der Waals surface area contributed by atoms with Crippen molar-refractivity contribution in [3.63, 3.8) is 0 Å². The number of allylic oxidation sites excluding steroid dienone is 3. The third-order valence-electron chi connectivity index (χ3n) is 7.24. The lowest BCUT2D eigenvalue weighted by molar-refractivity contribution is 0.148. The van der Waals surface area contributed by atoms with Crippen molar-refractivity contribution < 1.29 is 4.74 Å². The molecule has 0 N–H and O–H groups in total.